The van der Waals surface area contributed by atoms with Crippen LogP contribution in [0.5, 0.6) is 0 Å². The maximum absolute atomic E-state index is 5.60. The molecule has 0 aromatic rings. The molecule has 0 radical (unpaired) electrons. The number of hydrogen-bond acceptors (Lipinski definition) is 4. The van der Waals surface area contributed by atoms with E-state index in [0.717, 1.165) is 78.1 Å². The molecule has 1 unspecified atom stereocenters. The lowest BCUT2D eigenvalue weighted by Crippen LogP contribution is -2.40. The molecule has 2 N–H and O–H groups in total. The van der Waals surface area contributed by atoms with Crippen LogP contribution >= 0.6 is 0 Å². The molecule has 142 valence electrons. The average Bonchev–Trinajstić information content (AvgIpc) is 2.56. The summed E-state index contributed by atoms with van der Waals surface area (Å²) >= 11 is 0. The number of nitrogens with one attached hydrogen (secondary N) is 2. The minimum Gasteiger partial charge on any atom is -0.381 e. The number of nitrogens with zero attached hydrogens (tertiary/aromatic N) is 2. The number of guanidine groups is 1. The summed E-state index contributed by atoms with van der Waals surface area (Å²) in [4.78, 5) is 7.19. The first-order valence-corrected chi connectivity index (χ1v) is 9.51. The summed E-state index contributed by atoms with van der Waals surface area (Å²) in [7, 11) is 0. The van der Waals surface area contributed by atoms with Crippen molar-refractivity contribution in [2.45, 2.75) is 34.1 Å². The van der Waals surface area contributed by atoms with Crippen LogP contribution in [0.1, 0.15) is 34.1 Å². The van der Waals surface area contributed by atoms with Crippen molar-refractivity contribution >= 4 is 5.96 Å². The van der Waals surface area contributed by atoms with Gasteiger partial charge in [0.2, 0.25) is 0 Å². The maximum atomic E-state index is 5.60. The highest BCUT2D eigenvalue weighted by Gasteiger charge is 2.13. The molecule has 0 bridgehead atoms. The standard InChI is InChI=1S/C18H38N4O2/c1-5-19-18(20-7-6-10-24-15-16(2)3)21-13-17(4)14-22-8-11-23-12-9-22/h16-17H,5-15H2,1-4H3,(H2,19,20,21). The van der Waals surface area contributed by atoms with Gasteiger partial charge in [-0.3, -0.25) is 9.89 Å². The lowest BCUT2D eigenvalue weighted by Gasteiger charge is -2.28. The lowest BCUT2D eigenvalue weighted by molar-refractivity contribution is 0.0323. The van der Waals surface area contributed by atoms with Crippen LogP contribution < -0.4 is 10.6 Å². The topological polar surface area (TPSA) is 58.1 Å². The number of ether oxygens (including phenoxy) is 2. The highest BCUT2D eigenvalue weighted by Crippen LogP contribution is 2.03. The van der Waals surface area contributed by atoms with Crippen LogP contribution in [0.2, 0.25) is 0 Å². The summed E-state index contributed by atoms with van der Waals surface area (Å²) in [5.41, 5.74) is 0. The highest BCUT2D eigenvalue weighted by atomic mass is 16.5. The van der Waals surface area contributed by atoms with E-state index in [-0.39, 0.29) is 0 Å². The molecule has 6 nitrogen and oxygen atoms in total. The van der Waals surface area contributed by atoms with Crippen LogP contribution in [0.25, 0.3) is 0 Å². The smallest absolute Gasteiger partial charge is 0.191 e. The van der Waals surface area contributed by atoms with Crippen molar-refractivity contribution < 1.29 is 9.47 Å². The molecule has 1 aliphatic heterocycles. The van der Waals surface area contributed by atoms with Crippen LogP contribution in [-0.4, -0.2) is 76.6 Å². The fourth-order valence-corrected chi connectivity index (χ4v) is 2.57. The van der Waals surface area contributed by atoms with Gasteiger partial charge < -0.3 is 20.1 Å². The minimum atomic E-state index is 0.549. The number of rotatable bonds is 11. The Morgan fingerprint density at radius 3 is 2.62 bits per heavy atom. The van der Waals surface area contributed by atoms with E-state index >= 15 is 0 Å². The van der Waals surface area contributed by atoms with E-state index in [1.807, 2.05) is 0 Å². The molecule has 0 spiro atoms. The molecule has 24 heavy (non-hydrogen) atoms. The van der Waals surface area contributed by atoms with Crippen molar-refractivity contribution in [1.82, 2.24) is 15.5 Å². The largest absolute Gasteiger partial charge is 0.381 e. The van der Waals surface area contributed by atoms with Crippen molar-refractivity contribution in [1.29, 1.82) is 0 Å². The second-order valence-corrected chi connectivity index (χ2v) is 6.99. The third kappa shape index (κ3) is 10.8. The van der Waals surface area contributed by atoms with Crippen molar-refractivity contribution in [2.75, 3.05) is 65.7 Å². The monoisotopic (exact) mass is 342 g/mol. The Morgan fingerprint density at radius 2 is 1.96 bits per heavy atom. The first kappa shape index (κ1) is 21.2. The zero-order valence-corrected chi connectivity index (χ0v) is 16.1. The quantitative estimate of drug-likeness (QED) is 0.339. The van der Waals surface area contributed by atoms with E-state index in [1.165, 1.54) is 0 Å². The molecular formula is C18H38N4O2. The Hall–Kier alpha value is -0.850. The van der Waals surface area contributed by atoms with Gasteiger partial charge in [-0.05, 0) is 25.2 Å². The third-order valence-corrected chi connectivity index (χ3v) is 3.79. The Balaban J connectivity index is 2.20. The van der Waals surface area contributed by atoms with E-state index in [0.29, 0.717) is 11.8 Å². The maximum Gasteiger partial charge on any atom is 0.191 e. The number of aliphatic imine (C=N–C) groups is 1. The molecule has 1 aliphatic rings. The van der Waals surface area contributed by atoms with Gasteiger partial charge in [0, 0.05) is 52.5 Å². The zero-order valence-electron chi connectivity index (χ0n) is 16.1. The van der Waals surface area contributed by atoms with Crippen LogP contribution in [0.15, 0.2) is 4.99 Å². The van der Waals surface area contributed by atoms with Gasteiger partial charge >= 0.3 is 0 Å². The summed E-state index contributed by atoms with van der Waals surface area (Å²) in [5, 5.41) is 6.71. The summed E-state index contributed by atoms with van der Waals surface area (Å²) < 4.78 is 11.0. The average molecular weight is 343 g/mol. The Morgan fingerprint density at radius 1 is 1.21 bits per heavy atom. The van der Waals surface area contributed by atoms with Gasteiger partial charge in [-0.2, -0.15) is 0 Å². The molecule has 0 saturated carbocycles. The molecule has 1 rings (SSSR count). The number of hydrogen-bond donors (Lipinski definition) is 2. The first-order chi connectivity index (χ1) is 11.6. The van der Waals surface area contributed by atoms with Gasteiger partial charge in [0.05, 0.1) is 13.2 Å². The van der Waals surface area contributed by atoms with Crippen LogP contribution in [0.3, 0.4) is 0 Å². The van der Waals surface area contributed by atoms with Crippen LogP contribution in [0.4, 0.5) is 0 Å². The SMILES string of the molecule is CCNC(=NCC(C)CN1CCOCC1)NCCCOCC(C)C. The molecule has 0 amide bonds. The van der Waals surface area contributed by atoms with Crippen LogP contribution in [-0.2, 0) is 9.47 Å². The third-order valence-electron chi connectivity index (χ3n) is 3.79. The van der Waals surface area contributed by atoms with Gasteiger partial charge in [-0.15, -0.1) is 0 Å². The van der Waals surface area contributed by atoms with Crippen LogP contribution in [0, 0.1) is 11.8 Å². The first-order valence-electron chi connectivity index (χ1n) is 9.51. The molecule has 1 saturated heterocycles. The van der Waals surface area contributed by atoms with Gasteiger partial charge in [0.1, 0.15) is 0 Å². The normalized spacial score (nSPS) is 18.0. The summed E-state index contributed by atoms with van der Waals surface area (Å²) in [5.74, 6) is 2.06. The summed E-state index contributed by atoms with van der Waals surface area (Å²) in [6.07, 6.45) is 1.00. The molecule has 1 fully saturated rings. The molecule has 6 heteroatoms. The van der Waals surface area contributed by atoms with E-state index in [2.05, 4.69) is 43.2 Å². The lowest BCUT2D eigenvalue weighted by atomic mass is 10.1. The molecule has 0 aliphatic carbocycles. The Bertz CT molecular complexity index is 331. The van der Waals surface area contributed by atoms with Crippen molar-refractivity contribution in [3.8, 4) is 0 Å². The fraction of sp³-hybridized carbons (Fsp3) is 0.944. The summed E-state index contributed by atoms with van der Waals surface area (Å²) in [6, 6.07) is 0. The van der Waals surface area contributed by atoms with E-state index in [9.17, 15) is 0 Å². The predicted molar refractivity (Wildman–Crippen MR) is 101 cm³/mol. The minimum absolute atomic E-state index is 0.549. The van der Waals surface area contributed by atoms with Gasteiger partial charge in [-0.1, -0.05) is 20.8 Å². The van der Waals surface area contributed by atoms with E-state index in [1.54, 1.807) is 0 Å². The van der Waals surface area contributed by atoms with Gasteiger partial charge in [-0.25, -0.2) is 0 Å². The van der Waals surface area contributed by atoms with E-state index < -0.39 is 0 Å². The molecule has 0 aromatic heterocycles. The van der Waals surface area contributed by atoms with E-state index in [4.69, 9.17) is 14.5 Å². The zero-order chi connectivity index (χ0) is 17.6. The second kappa shape index (κ2) is 13.4. The van der Waals surface area contributed by atoms with Crippen molar-refractivity contribution in [3.05, 3.63) is 0 Å². The van der Waals surface area contributed by atoms with Gasteiger partial charge in [0.15, 0.2) is 5.96 Å². The Kier molecular flexibility index (Phi) is 11.9. The summed E-state index contributed by atoms with van der Waals surface area (Å²) in [6.45, 7) is 17.9. The second-order valence-electron chi connectivity index (χ2n) is 6.99. The number of morpholine rings is 1. The molecule has 1 heterocycles. The van der Waals surface area contributed by atoms with Crippen molar-refractivity contribution in [2.24, 2.45) is 16.8 Å². The highest BCUT2D eigenvalue weighted by molar-refractivity contribution is 5.79. The predicted octanol–water partition coefficient (Wildman–Crippen LogP) is 1.57. The Labute approximate surface area is 148 Å². The molecule has 0 aromatic carbocycles. The van der Waals surface area contributed by atoms with Crippen molar-refractivity contribution in [3.63, 3.8) is 0 Å². The van der Waals surface area contributed by atoms with Gasteiger partial charge in [0.25, 0.3) is 0 Å². The fourth-order valence-electron chi connectivity index (χ4n) is 2.57. The molecular weight excluding hydrogens is 304 g/mol. The molecule has 1 atom stereocenters.